The van der Waals surface area contributed by atoms with Gasteiger partial charge in [-0.25, -0.2) is 9.13 Å². The van der Waals surface area contributed by atoms with Crippen LogP contribution in [-0.2, 0) is 65.4 Å². The molecule has 0 heterocycles. The molecule has 19 heteroatoms. The highest BCUT2D eigenvalue weighted by atomic mass is 31.2. The molecule has 0 spiro atoms. The monoisotopic (exact) mass is 1400 g/mol. The molecule has 7 atom stereocenters. The smallest absolute Gasteiger partial charge is 0.462 e. The molecular formula is C76H148O17P2. The Kier molecular flexibility index (Phi) is 65.2. The SMILES string of the molecule is CCCCCCCCCCCCC(=O)O[C@H](COC(=O)CCCCCCCCC(C)C)COP(=O)(O)OC[C@H](O)COP(=O)(O)OC[C@@H](COC(=O)CCCCCCCCCCCCC(C)CC)OC(=O)CCCCCCCCCCCCCCCCCCCCC(C)CC. The zero-order valence-corrected chi connectivity index (χ0v) is 63.9. The van der Waals surface area contributed by atoms with Gasteiger partial charge in [-0.1, -0.05) is 337 Å². The molecule has 0 aromatic carbocycles. The topological polar surface area (TPSA) is 237 Å². The number of esters is 4. The highest BCUT2D eigenvalue weighted by Gasteiger charge is 2.30. The predicted molar refractivity (Wildman–Crippen MR) is 386 cm³/mol. The lowest BCUT2D eigenvalue weighted by Gasteiger charge is -2.21. The number of aliphatic hydroxyl groups excluding tert-OH is 1. The van der Waals surface area contributed by atoms with Gasteiger partial charge in [0.15, 0.2) is 12.2 Å². The second-order valence-electron chi connectivity index (χ2n) is 28.4. The third kappa shape index (κ3) is 67.6. The predicted octanol–water partition coefficient (Wildman–Crippen LogP) is 22.2. The van der Waals surface area contributed by atoms with Crippen LogP contribution in [-0.4, -0.2) is 96.7 Å². The molecule has 95 heavy (non-hydrogen) atoms. The van der Waals surface area contributed by atoms with Crippen molar-refractivity contribution < 1.29 is 80.2 Å². The number of ether oxygens (including phenoxy) is 4. The van der Waals surface area contributed by atoms with E-state index in [1.165, 1.54) is 193 Å². The van der Waals surface area contributed by atoms with Crippen molar-refractivity contribution >= 4 is 39.5 Å². The number of carbonyl (C=O) groups excluding carboxylic acids is 4. The lowest BCUT2D eigenvalue weighted by atomic mass is 9.99. The van der Waals surface area contributed by atoms with Gasteiger partial charge in [-0.2, -0.15) is 0 Å². The second-order valence-corrected chi connectivity index (χ2v) is 31.3. The summed E-state index contributed by atoms with van der Waals surface area (Å²) in [7, 11) is -9.91. The summed E-state index contributed by atoms with van der Waals surface area (Å²) in [5.41, 5.74) is 0. The van der Waals surface area contributed by atoms with E-state index in [4.69, 9.17) is 37.0 Å². The second kappa shape index (κ2) is 66.6. The molecule has 0 saturated carbocycles. The van der Waals surface area contributed by atoms with Crippen LogP contribution >= 0.6 is 15.6 Å². The number of carbonyl (C=O) groups is 4. The number of unbranched alkanes of at least 4 members (excludes halogenated alkanes) is 40. The number of aliphatic hydroxyl groups is 1. The summed E-state index contributed by atoms with van der Waals surface area (Å²) in [4.78, 5) is 72.7. The van der Waals surface area contributed by atoms with E-state index in [1.807, 2.05) is 0 Å². The van der Waals surface area contributed by atoms with Gasteiger partial charge in [-0.15, -0.1) is 0 Å². The quantitative estimate of drug-likeness (QED) is 0.0222. The third-order valence-corrected chi connectivity index (χ3v) is 20.3. The van der Waals surface area contributed by atoms with Crippen molar-refractivity contribution in [2.45, 2.75) is 407 Å². The Hall–Kier alpha value is -1.94. The Morgan fingerprint density at radius 2 is 0.537 bits per heavy atom. The number of hydrogen-bond donors (Lipinski definition) is 3. The van der Waals surface area contributed by atoms with E-state index in [1.54, 1.807) is 0 Å². The van der Waals surface area contributed by atoms with E-state index in [0.717, 1.165) is 108 Å². The van der Waals surface area contributed by atoms with E-state index in [-0.39, 0.29) is 25.7 Å². The fourth-order valence-electron chi connectivity index (χ4n) is 11.5. The van der Waals surface area contributed by atoms with Crippen LogP contribution in [0.25, 0.3) is 0 Å². The van der Waals surface area contributed by atoms with E-state index in [0.29, 0.717) is 31.6 Å². The van der Waals surface area contributed by atoms with Crippen LogP contribution in [0.3, 0.4) is 0 Å². The van der Waals surface area contributed by atoms with Gasteiger partial charge in [0.2, 0.25) is 0 Å². The average molecular weight is 1400 g/mol. The Labute approximate surface area is 581 Å². The van der Waals surface area contributed by atoms with Gasteiger partial charge in [-0.05, 0) is 43.4 Å². The van der Waals surface area contributed by atoms with Crippen molar-refractivity contribution in [3.8, 4) is 0 Å². The van der Waals surface area contributed by atoms with Crippen LogP contribution in [0.15, 0.2) is 0 Å². The van der Waals surface area contributed by atoms with Gasteiger partial charge in [0.05, 0.1) is 26.4 Å². The van der Waals surface area contributed by atoms with Crippen molar-refractivity contribution in [3.05, 3.63) is 0 Å². The van der Waals surface area contributed by atoms with Crippen LogP contribution in [0.1, 0.15) is 389 Å². The minimum Gasteiger partial charge on any atom is -0.462 e. The van der Waals surface area contributed by atoms with Gasteiger partial charge < -0.3 is 33.8 Å². The standard InChI is InChI=1S/C76H148O17P2/c1-8-11-12-13-14-15-30-36-45-52-59-75(80)93-72(64-87-74(79)58-51-44-39-38-40-47-54-67(4)5)66-91-95(84,85)89-62-70(77)61-88-94(82,83)90-65-71(63-86-73(78)57-50-43-35-31-27-26-29-34-42-49-56-69(7)10-3)92-76(81)60-53-46-37-32-25-23-21-19-17-16-18-20-22-24-28-33-41-48-55-68(6)9-2/h67-72,77H,8-66H2,1-7H3,(H,82,83)(H,84,85)/t68?,69?,70-,71-,72-/m1/s1. The highest BCUT2D eigenvalue weighted by molar-refractivity contribution is 7.47. The Bertz CT molecular complexity index is 1860. The Balaban J connectivity index is 5.18. The summed E-state index contributed by atoms with van der Waals surface area (Å²) in [6.45, 7) is 11.9. The van der Waals surface area contributed by atoms with Crippen molar-refractivity contribution in [2.24, 2.45) is 17.8 Å². The number of hydrogen-bond acceptors (Lipinski definition) is 15. The van der Waals surface area contributed by atoms with Crippen LogP contribution in [0.4, 0.5) is 0 Å². The van der Waals surface area contributed by atoms with Crippen molar-refractivity contribution in [2.75, 3.05) is 39.6 Å². The molecule has 0 aliphatic rings. The van der Waals surface area contributed by atoms with Crippen LogP contribution in [0.2, 0.25) is 0 Å². The third-order valence-electron chi connectivity index (χ3n) is 18.4. The van der Waals surface area contributed by atoms with Crippen molar-refractivity contribution in [3.63, 3.8) is 0 Å². The molecule has 0 aliphatic carbocycles. The lowest BCUT2D eigenvalue weighted by molar-refractivity contribution is -0.161. The maximum absolute atomic E-state index is 13.1. The lowest BCUT2D eigenvalue weighted by Crippen LogP contribution is -2.30. The van der Waals surface area contributed by atoms with Crippen molar-refractivity contribution in [1.82, 2.24) is 0 Å². The summed E-state index contributed by atoms with van der Waals surface area (Å²) in [5.74, 6) is 0.239. The van der Waals surface area contributed by atoms with Gasteiger partial charge >= 0.3 is 39.5 Å². The molecule has 0 aromatic rings. The molecule has 17 nitrogen and oxygen atoms in total. The summed E-state index contributed by atoms with van der Waals surface area (Å²) >= 11 is 0. The number of phosphoric ester groups is 2. The summed E-state index contributed by atoms with van der Waals surface area (Å²) < 4.78 is 68.4. The van der Waals surface area contributed by atoms with E-state index >= 15 is 0 Å². The van der Waals surface area contributed by atoms with E-state index in [2.05, 4.69) is 48.5 Å². The molecule has 0 aromatic heterocycles. The fourth-order valence-corrected chi connectivity index (χ4v) is 13.1. The summed E-state index contributed by atoms with van der Waals surface area (Å²) in [5, 5.41) is 10.6. The van der Waals surface area contributed by atoms with Gasteiger partial charge in [-0.3, -0.25) is 37.3 Å². The van der Waals surface area contributed by atoms with Crippen molar-refractivity contribution in [1.29, 1.82) is 0 Å². The first-order chi connectivity index (χ1) is 45.8. The Morgan fingerprint density at radius 1 is 0.305 bits per heavy atom. The largest absolute Gasteiger partial charge is 0.472 e. The minimum absolute atomic E-state index is 0.105. The first-order valence-electron chi connectivity index (χ1n) is 39.4. The normalized spacial score (nSPS) is 14.6. The first kappa shape index (κ1) is 93.1. The van der Waals surface area contributed by atoms with Gasteiger partial charge in [0, 0.05) is 25.7 Å². The molecule has 0 rings (SSSR count). The number of rotatable bonds is 74. The molecule has 3 N–H and O–H groups in total. The van der Waals surface area contributed by atoms with E-state index < -0.39 is 97.5 Å². The molecule has 564 valence electrons. The molecule has 0 saturated heterocycles. The van der Waals surface area contributed by atoms with Gasteiger partial charge in [0.25, 0.3) is 0 Å². The number of phosphoric acid groups is 2. The van der Waals surface area contributed by atoms with Crippen LogP contribution in [0.5, 0.6) is 0 Å². The molecule has 0 amide bonds. The highest BCUT2D eigenvalue weighted by Crippen LogP contribution is 2.45. The van der Waals surface area contributed by atoms with Crippen LogP contribution in [0, 0.1) is 17.8 Å². The first-order valence-corrected chi connectivity index (χ1v) is 42.4. The summed E-state index contributed by atoms with van der Waals surface area (Å²) in [6, 6.07) is 0. The minimum atomic E-state index is -4.96. The molecule has 0 radical (unpaired) electrons. The average Bonchev–Trinajstić information content (AvgIpc) is 1.43. The molecule has 0 bridgehead atoms. The van der Waals surface area contributed by atoms with Crippen LogP contribution < -0.4 is 0 Å². The maximum atomic E-state index is 13.1. The van der Waals surface area contributed by atoms with Gasteiger partial charge in [0.1, 0.15) is 19.3 Å². The zero-order chi connectivity index (χ0) is 70.1. The maximum Gasteiger partial charge on any atom is 0.472 e. The molecular weight excluding hydrogens is 1250 g/mol. The fraction of sp³-hybridized carbons (Fsp3) is 0.947. The summed E-state index contributed by atoms with van der Waals surface area (Å²) in [6.07, 6.45) is 52.9. The molecule has 0 fully saturated rings. The zero-order valence-electron chi connectivity index (χ0n) is 62.1. The molecule has 4 unspecified atom stereocenters. The molecule has 0 aliphatic heterocycles. The Morgan fingerprint density at radius 3 is 0.800 bits per heavy atom. The van der Waals surface area contributed by atoms with E-state index in [9.17, 15) is 43.2 Å².